The van der Waals surface area contributed by atoms with Gasteiger partial charge in [-0.05, 0) is 26.8 Å². The van der Waals surface area contributed by atoms with Gasteiger partial charge in [-0.2, -0.15) is 0 Å². The monoisotopic (exact) mass is 198 g/mol. The van der Waals surface area contributed by atoms with Crippen LogP contribution in [-0.2, 0) is 4.79 Å². The normalized spacial score (nSPS) is 12.6. The lowest BCUT2D eigenvalue weighted by molar-refractivity contribution is -0.136. The second kappa shape index (κ2) is 6.60. The average Bonchev–Trinajstić information content (AvgIpc) is 2.13. The van der Waals surface area contributed by atoms with Crippen molar-refractivity contribution in [2.75, 3.05) is 13.1 Å². The number of nitrogens with two attached hydrogens (primary N) is 1. The molecule has 3 nitrogen and oxygen atoms in total. The first-order valence-corrected chi connectivity index (χ1v) is 5.16. The fourth-order valence-electron chi connectivity index (χ4n) is 1.35. The van der Waals surface area contributed by atoms with Crippen LogP contribution in [-0.4, -0.2) is 29.9 Å². The van der Waals surface area contributed by atoms with Crippen LogP contribution >= 0.6 is 0 Å². The largest absolute Gasteiger partial charge is 0.336 e. The van der Waals surface area contributed by atoms with E-state index in [1.807, 2.05) is 25.7 Å². The Morgan fingerprint density at radius 1 is 1.50 bits per heavy atom. The van der Waals surface area contributed by atoms with Gasteiger partial charge >= 0.3 is 0 Å². The molecule has 1 atom stereocenters. The summed E-state index contributed by atoms with van der Waals surface area (Å²) in [5.74, 6) is 0.188. The van der Waals surface area contributed by atoms with Crippen molar-refractivity contribution in [2.45, 2.75) is 33.2 Å². The molecule has 14 heavy (non-hydrogen) atoms. The van der Waals surface area contributed by atoms with E-state index in [9.17, 15) is 4.79 Å². The summed E-state index contributed by atoms with van der Waals surface area (Å²) >= 11 is 0. The van der Waals surface area contributed by atoms with Gasteiger partial charge < -0.3 is 10.6 Å². The average molecular weight is 198 g/mol. The van der Waals surface area contributed by atoms with Crippen LogP contribution in [0.4, 0.5) is 0 Å². The minimum Gasteiger partial charge on any atom is -0.336 e. The van der Waals surface area contributed by atoms with Crippen LogP contribution in [0.5, 0.6) is 0 Å². The predicted octanol–water partition coefficient (Wildman–Crippen LogP) is 1.39. The Bertz CT molecular complexity index is 190. The van der Waals surface area contributed by atoms with Gasteiger partial charge in [0.1, 0.15) is 0 Å². The van der Waals surface area contributed by atoms with Crippen LogP contribution < -0.4 is 5.73 Å². The lowest BCUT2D eigenvalue weighted by Crippen LogP contribution is -2.40. The van der Waals surface area contributed by atoms with Crippen molar-refractivity contribution in [3.8, 4) is 0 Å². The third-order valence-corrected chi connectivity index (χ3v) is 2.25. The highest BCUT2D eigenvalue weighted by molar-refractivity contribution is 5.78. The molecule has 0 aromatic rings. The Morgan fingerprint density at radius 2 is 2.07 bits per heavy atom. The zero-order valence-electron chi connectivity index (χ0n) is 9.49. The van der Waals surface area contributed by atoms with E-state index in [-0.39, 0.29) is 17.9 Å². The standard InChI is InChI=1S/C11H22N2O/c1-5-8-13(9(2)3)11(14)10(4)6-7-12/h5,9-10H,1,6-8,12H2,2-4H3. The molecule has 0 fully saturated rings. The Labute approximate surface area is 87.0 Å². The second-order valence-corrected chi connectivity index (χ2v) is 3.85. The van der Waals surface area contributed by atoms with Gasteiger partial charge in [-0.25, -0.2) is 0 Å². The van der Waals surface area contributed by atoms with E-state index in [0.717, 1.165) is 6.42 Å². The highest BCUT2D eigenvalue weighted by Gasteiger charge is 2.20. The first-order chi connectivity index (χ1) is 6.54. The molecule has 0 aliphatic heterocycles. The number of carbonyl (C=O) groups is 1. The van der Waals surface area contributed by atoms with Gasteiger partial charge in [-0.3, -0.25) is 4.79 Å². The molecule has 0 spiro atoms. The number of amides is 1. The van der Waals surface area contributed by atoms with E-state index < -0.39 is 0 Å². The van der Waals surface area contributed by atoms with Crippen LogP contribution in [0.2, 0.25) is 0 Å². The zero-order chi connectivity index (χ0) is 11.1. The molecule has 0 heterocycles. The summed E-state index contributed by atoms with van der Waals surface area (Å²) in [6.45, 7) is 10.8. The fourth-order valence-corrected chi connectivity index (χ4v) is 1.35. The summed E-state index contributed by atoms with van der Waals surface area (Å²) in [5, 5.41) is 0. The minimum absolute atomic E-state index is 0.0161. The van der Waals surface area contributed by atoms with Crippen molar-refractivity contribution in [3.05, 3.63) is 12.7 Å². The van der Waals surface area contributed by atoms with Gasteiger partial charge in [0, 0.05) is 18.5 Å². The van der Waals surface area contributed by atoms with Gasteiger partial charge in [0.15, 0.2) is 0 Å². The van der Waals surface area contributed by atoms with Crippen molar-refractivity contribution in [3.63, 3.8) is 0 Å². The zero-order valence-corrected chi connectivity index (χ0v) is 9.49. The van der Waals surface area contributed by atoms with Crippen molar-refractivity contribution in [1.29, 1.82) is 0 Å². The third kappa shape index (κ3) is 3.92. The molecular weight excluding hydrogens is 176 g/mol. The SMILES string of the molecule is C=CCN(C(=O)C(C)CCN)C(C)C. The number of hydrogen-bond acceptors (Lipinski definition) is 2. The molecule has 0 aromatic carbocycles. The lowest BCUT2D eigenvalue weighted by atomic mass is 10.1. The molecule has 1 unspecified atom stereocenters. The van der Waals surface area contributed by atoms with E-state index in [2.05, 4.69) is 6.58 Å². The van der Waals surface area contributed by atoms with Gasteiger partial charge in [0.25, 0.3) is 0 Å². The van der Waals surface area contributed by atoms with Crippen LogP contribution in [0.15, 0.2) is 12.7 Å². The van der Waals surface area contributed by atoms with E-state index in [0.29, 0.717) is 13.1 Å². The van der Waals surface area contributed by atoms with E-state index >= 15 is 0 Å². The van der Waals surface area contributed by atoms with Gasteiger partial charge in [-0.15, -0.1) is 6.58 Å². The van der Waals surface area contributed by atoms with Crippen LogP contribution in [0.3, 0.4) is 0 Å². The van der Waals surface area contributed by atoms with Gasteiger partial charge in [0.2, 0.25) is 5.91 Å². The smallest absolute Gasteiger partial charge is 0.225 e. The van der Waals surface area contributed by atoms with Crippen LogP contribution in [0, 0.1) is 5.92 Å². The Balaban J connectivity index is 4.34. The van der Waals surface area contributed by atoms with Crippen molar-refractivity contribution < 1.29 is 4.79 Å². The molecule has 3 heteroatoms. The first kappa shape index (κ1) is 13.2. The quantitative estimate of drug-likeness (QED) is 0.656. The van der Waals surface area contributed by atoms with E-state index in [1.54, 1.807) is 6.08 Å². The molecule has 1 amide bonds. The summed E-state index contributed by atoms with van der Waals surface area (Å²) in [7, 11) is 0. The number of nitrogens with zero attached hydrogens (tertiary/aromatic N) is 1. The molecule has 82 valence electrons. The number of hydrogen-bond donors (Lipinski definition) is 1. The van der Waals surface area contributed by atoms with Crippen LogP contribution in [0.1, 0.15) is 27.2 Å². The van der Waals surface area contributed by atoms with Gasteiger partial charge in [-0.1, -0.05) is 13.0 Å². The van der Waals surface area contributed by atoms with Crippen molar-refractivity contribution in [2.24, 2.45) is 11.7 Å². The maximum atomic E-state index is 11.9. The molecule has 0 saturated heterocycles. The highest BCUT2D eigenvalue weighted by Crippen LogP contribution is 2.09. The molecule has 0 aromatic heterocycles. The molecule has 2 N–H and O–H groups in total. The number of rotatable bonds is 6. The Kier molecular flexibility index (Phi) is 6.21. The van der Waals surface area contributed by atoms with Crippen molar-refractivity contribution >= 4 is 5.91 Å². The summed E-state index contributed by atoms with van der Waals surface area (Å²) in [5.41, 5.74) is 5.43. The molecule has 0 aliphatic rings. The first-order valence-electron chi connectivity index (χ1n) is 5.16. The maximum absolute atomic E-state index is 11.9. The second-order valence-electron chi connectivity index (χ2n) is 3.85. The maximum Gasteiger partial charge on any atom is 0.225 e. The van der Waals surface area contributed by atoms with Gasteiger partial charge in [0.05, 0.1) is 0 Å². The molecule has 0 aliphatic carbocycles. The summed E-state index contributed by atoms with van der Waals surface area (Å²) in [6, 6.07) is 0.223. The van der Waals surface area contributed by atoms with Crippen molar-refractivity contribution in [1.82, 2.24) is 4.90 Å². The summed E-state index contributed by atoms with van der Waals surface area (Å²) < 4.78 is 0. The summed E-state index contributed by atoms with van der Waals surface area (Å²) in [6.07, 6.45) is 2.51. The molecule has 0 bridgehead atoms. The van der Waals surface area contributed by atoms with Crippen LogP contribution in [0.25, 0.3) is 0 Å². The summed E-state index contributed by atoms with van der Waals surface area (Å²) in [4.78, 5) is 13.7. The number of carbonyl (C=O) groups excluding carboxylic acids is 1. The Hall–Kier alpha value is -0.830. The third-order valence-electron chi connectivity index (χ3n) is 2.25. The predicted molar refractivity (Wildman–Crippen MR) is 59.9 cm³/mol. The molecule has 0 radical (unpaired) electrons. The molecule has 0 rings (SSSR count). The fraction of sp³-hybridized carbons (Fsp3) is 0.727. The Morgan fingerprint density at radius 3 is 2.43 bits per heavy atom. The minimum atomic E-state index is 0.0161. The topological polar surface area (TPSA) is 46.3 Å². The van der Waals surface area contributed by atoms with E-state index in [4.69, 9.17) is 5.73 Å². The highest BCUT2D eigenvalue weighted by atomic mass is 16.2. The molecular formula is C11H22N2O. The van der Waals surface area contributed by atoms with E-state index in [1.165, 1.54) is 0 Å². The molecule has 0 saturated carbocycles. The lowest BCUT2D eigenvalue weighted by Gasteiger charge is -2.28.